The molecule has 0 saturated heterocycles. The average Bonchev–Trinajstić information content (AvgIpc) is 3.35. The third-order valence-corrected chi connectivity index (χ3v) is 6.21. The molecule has 0 N–H and O–H groups in total. The number of amidine groups is 1. The van der Waals surface area contributed by atoms with Crippen LogP contribution in [-0.4, -0.2) is 11.6 Å². The third kappa shape index (κ3) is 3.46. The summed E-state index contributed by atoms with van der Waals surface area (Å²) in [6.07, 6.45) is 0.387. The maximum atomic E-state index is 13.1. The molecule has 0 radical (unpaired) electrons. The first kappa shape index (κ1) is 18.5. The molecule has 1 aromatic heterocycles. The fourth-order valence-electron chi connectivity index (χ4n) is 3.92. The minimum absolute atomic E-state index is 0.133. The monoisotopic (exact) mass is 408 g/mol. The van der Waals surface area contributed by atoms with Crippen molar-refractivity contribution in [2.75, 3.05) is 4.90 Å². The fraction of sp³-hybridized carbons (Fsp3) is 0.0769. The second-order valence-electron chi connectivity index (χ2n) is 7.19. The maximum absolute atomic E-state index is 13.1. The Kier molecular flexibility index (Phi) is 4.99. The van der Waals surface area contributed by atoms with Gasteiger partial charge in [0.15, 0.2) is 5.78 Å². The van der Waals surface area contributed by atoms with Crippen LogP contribution in [0.4, 0.5) is 11.4 Å². The van der Waals surface area contributed by atoms with E-state index < -0.39 is 0 Å². The minimum atomic E-state index is -0.133. The molecule has 0 aliphatic carbocycles. The largest absolute Gasteiger partial charge is 0.318 e. The van der Waals surface area contributed by atoms with Crippen LogP contribution in [0.3, 0.4) is 0 Å². The van der Waals surface area contributed by atoms with Crippen LogP contribution < -0.4 is 4.90 Å². The van der Waals surface area contributed by atoms with Crippen molar-refractivity contribution in [2.45, 2.75) is 12.5 Å². The Morgan fingerprint density at radius 3 is 2.27 bits per heavy atom. The van der Waals surface area contributed by atoms with Crippen molar-refractivity contribution in [2.24, 2.45) is 4.99 Å². The van der Waals surface area contributed by atoms with Gasteiger partial charge in [-0.25, -0.2) is 4.99 Å². The number of fused-ring (bicyclic) bond motifs is 1. The second-order valence-corrected chi connectivity index (χ2v) is 8.13. The molecule has 0 amide bonds. The molecule has 0 bridgehead atoms. The SMILES string of the molecule is O=C(CC1c2ccccc2N=C(c2ccccc2)N1c1ccccc1)c1cccs1. The zero-order valence-corrected chi connectivity index (χ0v) is 17.1. The predicted molar refractivity (Wildman–Crippen MR) is 124 cm³/mol. The van der Waals surface area contributed by atoms with Crippen LogP contribution in [0.25, 0.3) is 0 Å². The minimum Gasteiger partial charge on any atom is -0.318 e. The van der Waals surface area contributed by atoms with E-state index >= 15 is 0 Å². The van der Waals surface area contributed by atoms with Crippen molar-refractivity contribution in [1.29, 1.82) is 0 Å². The number of benzene rings is 3. The van der Waals surface area contributed by atoms with Gasteiger partial charge in [0.25, 0.3) is 0 Å². The van der Waals surface area contributed by atoms with E-state index in [1.54, 1.807) is 0 Å². The van der Waals surface area contributed by atoms with E-state index in [2.05, 4.69) is 35.2 Å². The van der Waals surface area contributed by atoms with Crippen LogP contribution in [0.2, 0.25) is 0 Å². The fourth-order valence-corrected chi connectivity index (χ4v) is 4.60. The Morgan fingerprint density at radius 1 is 0.833 bits per heavy atom. The van der Waals surface area contributed by atoms with E-state index in [0.717, 1.165) is 33.2 Å². The van der Waals surface area contributed by atoms with Gasteiger partial charge in [-0.3, -0.25) is 4.79 Å². The first-order valence-corrected chi connectivity index (χ1v) is 10.8. The molecule has 3 aromatic carbocycles. The zero-order chi connectivity index (χ0) is 20.3. The molecule has 1 aliphatic heterocycles. The van der Waals surface area contributed by atoms with E-state index in [9.17, 15) is 4.79 Å². The molecule has 1 atom stereocenters. The van der Waals surface area contributed by atoms with Crippen LogP contribution in [-0.2, 0) is 0 Å². The highest BCUT2D eigenvalue weighted by atomic mass is 32.1. The highest BCUT2D eigenvalue weighted by Crippen LogP contribution is 2.41. The van der Waals surface area contributed by atoms with E-state index in [1.165, 1.54) is 11.3 Å². The van der Waals surface area contributed by atoms with Gasteiger partial charge in [-0.1, -0.05) is 72.8 Å². The van der Waals surface area contributed by atoms with Gasteiger partial charge in [-0.05, 0) is 29.6 Å². The highest BCUT2D eigenvalue weighted by molar-refractivity contribution is 7.12. The number of aliphatic imine (C=N–C) groups is 1. The lowest BCUT2D eigenvalue weighted by molar-refractivity contribution is 0.0978. The molecule has 4 aromatic rings. The summed E-state index contributed by atoms with van der Waals surface area (Å²) in [4.78, 5) is 21.2. The Labute approximate surface area is 180 Å². The normalized spacial score (nSPS) is 15.4. The smallest absolute Gasteiger partial charge is 0.175 e. The lowest BCUT2D eigenvalue weighted by Crippen LogP contribution is -2.39. The van der Waals surface area contributed by atoms with Crippen molar-refractivity contribution < 1.29 is 4.79 Å². The summed E-state index contributed by atoms with van der Waals surface area (Å²) in [5.74, 6) is 1.02. The van der Waals surface area contributed by atoms with E-state index in [4.69, 9.17) is 4.99 Å². The van der Waals surface area contributed by atoms with Crippen molar-refractivity contribution in [3.63, 3.8) is 0 Å². The average molecular weight is 409 g/mol. The van der Waals surface area contributed by atoms with Crippen LogP contribution in [0.15, 0.2) is 107 Å². The summed E-state index contributed by atoms with van der Waals surface area (Å²) in [6, 6.07) is 32.2. The van der Waals surface area contributed by atoms with Gasteiger partial charge in [0.1, 0.15) is 5.84 Å². The van der Waals surface area contributed by atoms with Gasteiger partial charge >= 0.3 is 0 Å². The Balaban J connectivity index is 1.67. The molecule has 3 nitrogen and oxygen atoms in total. The molecular formula is C26H20N2OS. The number of Topliss-reactive ketones (excluding diaryl/α,β-unsaturated/α-hetero) is 1. The van der Waals surface area contributed by atoms with Crippen LogP contribution in [0.1, 0.15) is 33.3 Å². The van der Waals surface area contributed by atoms with Crippen molar-refractivity contribution >= 4 is 34.3 Å². The van der Waals surface area contributed by atoms with Gasteiger partial charge in [0.2, 0.25) is 0 Å². The summed E-state index contributed by atoms with van der Waals surface area (Å²) in [5, 5.41) is 1.95. The standard InChI is InChI=1S/C26H20N2OS/c29-24(25-16-9-17-30-25)18-23-21-14-7-8-15-22(21)27-26(19-10-3-1-4-11-19)28(23)20-12-5-2-6-13-20/h1-17,23H,18H2. The number of hydrogen-bond donors (Lipinski definition) is 0. The van der Waals surface area contributed by atoms with Crippen molar-refractivity contribution in [1.82, 2.24) is 0 Å². The van der Waals surface area contributed by atoms with E-state index in [0.29, 0.717) is 6.42 Å². The number of hydrogen-bond acceptors (Lipinski definition) is 4. The molecule has 1 unspecified atom stereocenters. The molecule has 146 valence electrons. The number of carbonyl (C=O) groups excluding carboxylic acids is 1. The van der Waals surface area contributed by atoms with Gasteiger partial charge in [-0.15, -0.1) is 11.3 Å². The number of nitrogens with zero attached hydrogens (tertiary/aromatic N) is 2. The second kappa shape index (κ2) is 8.09. The third-order valence-electron chi connectivity index (χ3n) is 5.30. The summed E-state index contributed by atoms with van der Waals surface area (Å²) >= 11 is 1.50. The number of thiophene rings is 1. The number of rotatable bonds is 5. The Morgan fingerprint density at radius 2 is 1.53 bits per heavy atom. The summed E-state index contributed by atoms with van der Waals surface area (Å²) < 4.78 is 0. The van der Waals surface area contributed by atoms with Crippen LogP contribution in [0, 0.1) is 0 Å². The topological polar surface area (TPSA) is 32.7 Å². The molecule has 0 fully saturated rings. The molecule has 30 heavy (non-hydrogen) atoms. The maximum Gasteiger partial charge on any atom is 0.175 e. The van der Waals surface area contributed by atoms with Gasteiger partial charge in [0, 0.05) is 23.2 Å². The molecule has 2 heterocycles. The van der Waals surface area contributed by atoms with Crippen LogP contribution >= 0.6 is 11.3 Å². The summed E-state index contributed by atoms with van der Waals surface area (Å²) in [5.41, 5.74) is 4.06. The summed E-state index contributed by atoms with van der Waals surface area (Å²) in [7, 11) is 0. The molecular weight excluding hydrogens is 388 g/mol. The number of para-hydroxylation sites is 2. The molecule has 1 aliphatic rings. The molecule has 5 rings (SSSR count). The number of anilines is 1. The lowest BCUT2D eigenvalue weighted by Gasteiger charge is -2.38. The number of ketones is 1. The van der Waals surface area contributed by atoms with Gasteiger partial charge in [-0.2, -0.15) is 0 Å². The first-order valence-electron chi connectivity index (χ1n) is 9.95. The summed E-state index contributed by atoms with van der Waals surface area (Å²) in [6.45, 7) is 0. The lowest BCUT2D eigenvalue weighted by atomic mass is 9.93. The Bertz CT molecular complexity index is 1180. The van der Waals surface area contributed by atoms with Crippen molar-refractivity contribution in [3.05, 3.63) is 118 Å². The molecule has 0 saturated carbocycles. The predicted octanol–water partition coefficient (Wildman–Crippen LogP) is 6.66. The van der Waals surface area contributed by atoms with E-state index in [-0.39, 0.29) is 11.8 Å². The van der Waals surface area contributed by atoms with Gasteiger partial charge in [0.05, 0.1) is 16.6 Å². The molecule has 4 heteroatoms. The zero-order valence-electron chi connectivity index (χ0n) is 16.3. The highest BCUT2D eigenvalue weighted by Gasteiger charge is 2.33. The quantitative estimate of drug-likeness (QED) is 0.346. The van der Waals surface area contributed by atoms with E-state index in [1.807, 2.05) is 72.1 Å². The van der Waals surface area contributed by atoms with Crippen molar-refractivity contribution in [3.8, 4) is 0 Å². The van der Waals surface area contributed by atoms with Gasteiger partial charge < -0.3 is 4.90 Å². The molecule has 0 spiro atoms. The first-order chi connectivity index (χ1) is 14.8. The number of carbonyl (C=O) groups is 1. The van der Waals surface area contributed by atoms with Crippen LogP contribution in [0.5, 0.6) is 0 Å². The Hall–Kier alpha value is -3.50.